The average molecular weight is 647 g/mol. The lowest BCUT2D eigenvalue weighted by Gasteiger charge is -2.22. The van der Waals surface area contributed by atoms with E-state index in [1.807, 2.05) is 12.1 Å². The van der Waals surface area contributed by atoms with Crippen LogP contribution in [0.25, 0.3) is 0 Å². The molecule has 13 nitrogen and oxygen atoms in total. The second kappa shape index (κ2) is 14.2. The molecule has 0 heterocycles. The highest BCUT2D eigenvalue weighted by atomic mass is 32.3. The molecule has 0 aliphatic heterocycles. The summed E-state index contributed by atoms with van der Waals surface area (Å²) in [4.78, 5) is 27.8. The SMILES string of the molecule is N#CCc1ccc(N(C(=O)OS(=O)(=O)OS(=O)(=O)OC(=O)N(c2ccccc2)c2ccc(CC#N)cc2)c2ccccc2)cc1. The lowest BCUT2D eigenvalue weighted by molar-refractivity contribution is 0.199. The van der Waals surface area contributed by atoms with E-state index in [0.717, 1.165) is 9.80 Å². The molecule has 0 N–H and O–H groups in total. The first kappa shape index (κ1) is 32.2. The van der Waals surface area contributed by atoms with Gasteiger partial charge in [-0.3, -0.25) is 0 Å². The molecule has 0 atom stereocenters. The second-order valence-electron chi connectivity index (χ2n) is 8.93. The van der Waals surface area contributed by atoms with Crippen molar-refractivity contribution < 1.29 is 38.4 Å². The van der Waals surface area contributed by atoms with Crippen LogP contribution in [0.15, 0.2) is 109 Å². The van der Waals surface area contributed by atoms with E-state index in [1.54, 1.807) is 36.4 Å². The molecule has 0 radical (unpaired) electrons. The maximum atomic E-state index is 13.1. The van der Waals surface area contributed by atoms with E-state index in [2.05, 4.69) is 12.0 Å². The normalized spacial score (nSPS) is 11.0. The predicted molar refractivity (Wildman–Crippen MR) is 161 cm³/mol. The second-order valence-corrected chi connectivity index (χ2v) is 11.4. The third-order valence-electron chi connectivity index (χ3n) is 5.86. The molecule has 0 bridgehead atoms. The van der Waals surface area contributed by atoms with Crippen molar-refractivity contribution in [2.45, 2.75) is 12.8 Å². The van der Waals surface area contributed by atoms with Gasteiger partial charge in [-0.25, -0.2) is 19.4 Å². The Hall–Kier alpha value is -5.74. The molecular weight excluding hydrogens is 624 g/mol. The molecule has 0 aromatic heterocycles. The fourth-order valence-corrected chi connectivity index (χ4v) is 5.50. The van der Waals surface area contributed by atoms with Gasteiger partial charge in [0, 0.05) is 0 Å². The molecule has 0 saturated carbocycles. The summed E-state index contributed by atoms with van der Waals surface area (Å²) in [6, 6.07) is 31.2. The highest BCUT2D eigenvalue weighted by Crippen LogP contribution is 2.29. The number of benzene rings is 4. The van der Waals surface area contributed by atoms with E-state index in [0.29, 0.717) is 11.1 Å². The Balaban J connectivity index is 1.55. The van der Waals surface area contributed by atoms with Crippen molar-refractivity contribution in [3.8, 4) is 12.1 Å². The van der Waals surface area contributed by atoms with Gasteiger partial charge in [0.2, 0.25) is 0 Å². The number of amides is 2. The summed E-state index contributed by atoms with van der Waals surface area (Å²) in [6.45, 7) is 0. The lowest BCUT2D eigenvalue weighted by Crippen LogP contribution is -2.33. The highest BCUT2D eigenvalue weighted by molar-refractivity contribution is 7.95. The van der Waals surface area contributed by atoms with Crippen LogP contribution in [-0.4, -0.2) is 29.0 Å². The van der Waals surface area contributed by atoms with Crippen molar-refractivity contribution in [2.24, 2.45) is 0 Å². The van der Waals surface area contributed by atoms with Gasteiger partial charge in [0.25, 0.3) is 0 Å². The Bertz CT molecular complexity index is 1810. The van der Waals surface area contributed by atoms with Gasteiger partial charge in [-0.1, -0.05) is 64.3 Å². The van der Waals surface area contributed by atoms with E-state index < -0.39 is 33.0 Å². The zero-order chi connectivity index (χ0) is 32.5. The summed E-state index contributed by atoms with van der Waals surface area (Å²) in [5, 5.41) is 17.8. The standard InChI is InChI=1S/C30H22N4O9S2/c31-21-19-23-11-15-27(16-12-23)33(25-7-3-1-4-8-25)29(35)41-44(37,38)43-45(39,40)42-30(36)34(26-9-5-2-6-10-26)28-17-13-24(14-18-28)20-22-32/h1-18H,19-20H2. The van der Waals surface area contributed by atoms with Crippen LogP contribution in [0.5, 0.6) is 0 Å². The molecule has 228 valence electrons. The number of rotatable bonds is 10. The van der Waals surface area contributed by atoms with E-state index in [9.17, 15) is 26.4 Å². The Morgan fingerprint density at radius 1 is 0.533 bits per heavy atom. The molecular formula is C30H22N4O9S2. The van der Waals surface area contributed by atoms with Crippen molar-refractivity contribution >= 4 is 55.7 Å². The van der Waals surface area contributed by atoms with Gasteiger partial charge in [0.05, 0.1) is 47.7 Å². The first-order valence-corrected chi connectivity index (χ1v) is 15.5. The van der Waals surface area contributed by atoms with Crippen molar-refractivity contribution in [1.29, 1.82) is 10.5 Å². The summed E-state index contributed by atoms with van der Waals surface area (Å²) in [7, 11) is -11.4. The molecule has 0 unspecified atom stereocenters. The number of carbonyl (C=O) groups is 2. The highest BCUT2D eigenvalue weighted by Gasteiger charge is 2.35. The van der Waals surface area contributed by atoms with Crippen LogP contribution in [0, 0.1) is 22.7 Å². The van der Waals surface area contributed by atoms with Crippen LogP contribution in [0.3, 0.4) is 0 Å². The van der Waals surface area contributed by atoms with Crippen LogP contribution in [0.4, 0.5) is 32.3 Å². The molecule has 4 aromatic rings. The van der Waals surface area contributed by atoms with Gasteiger partial charge in [0.1, 0.15) is 0 Å². The van der Waals surface area contributed by atoms with Crippen LogP contribution in [0.2, 0.25) is 0 Å². The van der Waals surface area contributed by atoms with Gasteiger partial charge >= 0.3 is 33.0 Å². The number of anilines is 4. The third-order valence-corrected chi connectivity index (χ3v) is 7.89. The van der Waals surface area contributed by atoms with E-state index in [4.69, 9.17) is 10.5 Å². The monoisotopic (exact) mass is 646 g/mol. The third kappa shape index (κ3) is 8.65. The largest absolute Gasteiger partial charge is 0.470 e. The van der Waals surface area contributed by atoms with Crippen molar-refractivity contribution in [3.05, 3.63) is 120 Å². The maximum Gasteiger partial charge on any atom is 0.470 e. The maximum absolute atomic E-state index is 13.1. The quantitative estimate of drug-likeness (QED) is 0.210. The van der Waals surface area contributed by atoms with Crippen LogP contribution < -0.4 is 9.80 Å². The van der Waals surface area contributed by atoms with E-state index in [-0.39, 0.29) is 35.6 Å². The van der Waals surface area contributed by atoms with Crippen molar-refractivity contribution in [3.63, 3.8) is 0 Å². The molecule has 4 aromatic carbocycles. The molecule has 15 heteroatoms. The van der Waals surface area contributed by atoms with Gasteiger partial charge < -0.3 is 8.37 Å². The van der Waals surface area contributed by atoms with Gasteiger partial charge in [-0.15, -0.1) is 0 Å². The molecule has 0 aliphatic rings. The summed E-state index contributed by atoms with van der Waals surface area (Å²) in [5.74, 6) is 0. The zero-order valence-electron chi connectivity index (χ0n) is 23.1. The number of hydrogen-bond donors (Lipinski definition) is 0. The number of hydrogen-bond acceptors (Lipinski definition) is 11. The van der Waals surface area contributed by atoms with Gasteiger partial charge in [-0.2, -0.15) is 27.4 Å². The Labute approximate surface area is 259 Å². The van der Waals surface area contributed by atoms with Crippen molar-refractivity contribution in [2.75, 3.05) is 9.80 Å². The molecule has 45 heavy (non-hydrogen) atoms. The molecule has 2 amide bonds. The van der Waals surface area contributed by atoms with Crippen LogP contribution >= 0.6 is 0 Å². The Kier molecular flexibility index (Phi) is 10.1. The minimum Gasteiger partial charge on any atom is -0.305 e. The van der Waals surface area contributed by atoms with Gasteiger partial charge in [-0.05, 0) is 59.7 Å². The number of para-hydroxylation sites is 2. The number of carbonyl (C=O) groups excluding carboxylic acids is 2. The summed E-state index contributed by atoms with van der Waals surface area (Å²) in [6.07, 6.45) is -2.97. The average Bonchev–Trinajstić information content (AvgIpc) is 2.99. The smallest absolute Gasteiger partial charge is 0.305 e. The summed E-state index contributed by atoms with van der Waals surface area (Å²) >= 11 is 0. The number of nitriles is 2. The fourth-order valence-electron chi connectivity index (χ4n) is 3.96. The predicted octanol–water partition coefficient (Wildman–Crippen LogP) is 5.57. The molecule has 0 spiro atoms. The molecule has 4 rings (SSSR count). The minimum absolute atomic E-state index is 0.0864. The van der Waals surface area contributed by atoms with E-state index >= 15 is 0 Å². The fraction of sp³-hybridized carbons (Fsp3) is 0.0667. The Morgan fingerprint density at radius 3 is 1.16 bits per heavy atom. The van der Waals surface area contributed by atoms with Crippen molar-refractivity contribution in [1.82, 2.24) is 0 Å². The van der Waals surface area contributed by atoms with Crippen LogP contribution in [0.1, 0.15) is 11.1 Å². The lowest BCUT2D eigenvalue weighted by atomic mass is 10.1. The summed E-state index contributed by atoms with van der Waals surface area (Å²) < 4.78 is 63.4. The number of nitrogens with zero attached hydrogens (tertiary/aromatic N) is 4. The zero-order valence-corrected chi connectivity index (χ0v) is 24.7. The molecule has 0 aliphatic carbocycles. The topological polar surface area (TPSA) is 184 Å². The minimum atomic E-state index is -5.68. The first-order chi connectivity index (χ1) is 21.5. The Morgan fingerprint density at radius 2 is 0.844 bits per heavy atom. The van der Waals surface area contributed by atoms with Gasteiger partial charge in [0.15, 0.2) is 0 Å². The van der Waals surface area contributed by atoms with E-state index in [1.165, 1.54) is 72.8 Å². The molecule has 0 saturated heterocycles. The summed E-state index contributed by atoms with van der Waals surface area (Å²) in [5.41, 5.74) is 1.79. The molecule has 0 fully saturated rings. The van der Waals surface area contributed by atoms with Crippen LogP contribution in [-0.2, 0) is 45.6 Å². The first-order valence-electron chi connectivity index (χ1n) is 12.8.